The number of allylic oxidation sites excluding steroid dienone is 2. The number of nitrogens with one attached hydrogen (secondary N) is 1. The molecule has 0 aliphatic carbocycles. The van der Waals surface area contributed by atoms with Crippen LogP contribution in [0.4, 0.5) is 0 Å². The van der Waals surface area contributed by atoms with Gasteiger partial charge in [-0.05, 0) is 51.9 Å². The number of ketones is 1. The Bertz CT molecular complexity index is 337. The summed E-state index contributed by atoms with van der Waals surface area (Å²) in [5.74, 6) is 0.517. The molecule has 3 heteroatoms. The van der Waals surface area contributed by atoms with Crippen molar-refractivity contribution in [3.05, 3.63) is 12.2 Å². The first kappa shape index (κ1) is 22.9. The fraction of sp³-hybridized carbons (Fsp3) is 0.810. The first-order valence-corrected chi connectivity index (χ1v) is 10.1. The Morgan fingerprint density at radius 2 is 1.25 bits per heavy atom. The molecule has 0 fully saturated rings. The highest BCUT2D eigenvalue weighted by molar-refractivity contribution is 5.75. The number of Topliss-reactive ketones (excluding diaryl/α,β-unsaturated/α-hetero) is 1. The molecular weight excluding hydrogens is 298 g/mol. The Hall–Kier alpha value is -1.12. The normalized spacial score (nSPS) is 11.1. The molecule has 0 atom stereocenters. The molecule has 0 bridgehead atoms. The van der Waals surface area contributed by atoms with Crippen molar-refractivity contribution in [1.29, 1.82) is 0 Å². The maximum absolute atomic E-state index is 11.4. The van der Waals surface area contributed by atoms with E-state index >= 15 is 0 Å². The van der Waals surface area contributed by atoms with Crippen molar-refractivity contribution in [2.24, 2.45) is 0 Å². The molecule has 0 unspecified atom stereocenters. The molecule has 3 nitrogen and oxygen atoms in total. The zero-order valence-corrected chi connectivity index (χ0v) is 16.1. The lowest BCUT2D eigenvalue weighted by atomic mass is 10.1. The third-order valence-electron chi connectivity index (χ3n) is 4.16. The van der Waals surface area contributed by atoms with E-state index in [0.29, 0.717) is 12.2 Å². The number of amides is 1. The minimum absolute atomic E-state index is 0.196. The molecule has 0 rings (SSSR count). The van der Waals surface area contributed by atoms with Crippen molar-refractivity contribution in [2.45, 2.75) is 104 Å². The Morgan fingerprint density at radius 3 is 1.83 bits per heavy atom. The van der Waals surface area contributed by atoms with Gasteiger partial charge < -0.3 is 10.1 Å². The monoisotopic (exact) mass is 337 g/mol. The second-order valence-corrected chi connectivity index (χ2v) is 6.78. The Labute approximate surface area is 149 Å². The van der Waals surface area contributed by atoms with Gasteiger partial charge in [0.05, 0.1) is 0 Å². The molecule has 0 aromatic rings. The molecule has 0 aliphatic rings. The lowest BCUT2D eigenvalue weighted by Crippen LogP contribution is -2.23. The van der Waals surface area contributed by atoms with Gasteiger partial charge in [-0.3, -0.25) is 4.79 Å². The van der Waals surface area contributed by atoms with E-state index in [1.165, 1.54) is 44.9 Å². The number of carbonyl (C=O) groups excluding carboxylic acids is 2. The van der Waals surface area contributed by atoms with Gasteiger partial charge in [-0.25, -0.2) is 0 Å². The van der Waals surface area contributed by atoms with Crippen molar-refractivity contribution in [2.75, 3.05) is 6.54 Å². The molecule has 24 heavy (non-hydrogen) atoms. The largest absolute Gasteiger partial charge is 0.356 e. The van der Waals surface area contributed by atoms with E-state index < -0.39 is 0 Å². The molecule has 0 aliphatic heterocycles. The summed E-state index contributed by atoms with van der Waals surface area (Å²) in [6.07, 6.45) is 20.1. The van der Waals surface area contributed by atoms with E-state index in [0.717, 1.165) is 45.1 Å². The molecule has 0 heterocycles. The van der Waals surface area contributed by atoms with Gasteiger partial charge in [0.2, 0.25) is 5.91 Å². The van der Waals surface area contributed by atoms with Gasteiger partial charge in [0.1, 0.15) is 5.78 Å². The number of carbonyl (C=O) groups is 2. The first-order valence-electron chi connectivity index (χ1n) is 10.1. The zero-order chi connectivity index (χ0) is 17.9. The van der Waals surface area contributed by atoms with E-state index in [2.05, 4.69) is 24.4 Å². The van der Waals surface area contributed by atoms with Crippen LogP contribution in [0.2, 0.25) is 0 Å². The maximum Gasteiger partial charge on any atom is 0.219 e. The van der Waals surface area contributed by atoms with E-state index in [-0.39, 0.29) is 5.91 Å². The molecule has 0 saturated heterocycles. The van der Waals surface area contributed by atoms with Crippen LogP contribution in [0.25, 0.3) is 0 Å². The molecule has 1 amide bonds. The van der Waals surface area contributed by atoms with Crippen LogP contribution in [0.5, 0.6) is 0 Å². The fourth-order valence-electron chi connectivity index (χ4n) is 2.66. The topological polar surface area (TPSA) is 46.2 Å². The van der Waals surface area contributed by atoms with Gasteiger partial charge in [-0.2, -0.15) is 0 Å². The van der Waals surface area contributed by atoms with E-state index in [9.17, 15) is 9.59 Å². The van der Waals surface area contributed by atoms with Gasteiger partial charge in [-0.1, -0.05) is 51.2 Å². The second-order valence-electron chi connectivity index (χ2n) is 6.78. The minimum Gasteiger partial charge on any atom is -0.356 e. The van der Waals surface area contributed by atoms with Crippen molar-refractivity contribution < 1.29 is 9.59 Å². The quantitative estimate of drug-likeness (QED) is 0.272. The predicted molar refractivity (Wildman–Crippen MR) is 103 cm³/mol. The van der Waals surface area contributed by atoms with Gasteiger partial charge in [0, 0.05) is 19.4 Å². The van der Waals surface area contributed by atoms with Gasteiger partial charge in [0.15, 0.2) is 0 Å². The van der Waals surface area contributed by atoms with Crippen LogP contribution in [0.15, 0.2) is 12.2 Å². The van der Waals surface area contributed by atoms with Crippen molar-refractivity contribution in [3.63, 3.8) is 0 Å². The lowest BCUT2D eigenvalue weighted by molar-refractivity contribution is -0.121. The number of unbranched alkanes of at least 4 members (excludes halogenated alkanes) is 9. The third-order valence-corrected chi connectivity index (χ3v) is 4.16. The fourth-order valence-corrected chi connectivity index (χ4v) is 2.66. The summed E-state index contributed by atoms with van der Waals surface area (Å²) >= 11 is 0. The predicted octanol–water partition coefficient (Wildman–Crippen LogP) is 5.73. The summed E-state index contributed by atoms with van der Waals surface area (Å²) in [5, 5.41) is 2.91. The van der Waals surface area contributed by atoms with Crippen LogP contribution < -0.4 is 5.32 Å². The molecule has 0 radical (unpaired) electrons. The molecule has 0 saturated carbocycles. The molecule has 0 aromatic carbocycles. The van der Waals surface area contributed by atoms with Crippen molar-refractivity contribution in [1.82, 2.24) is 5.32 Å². The minimum atomic E-state index is 0.196. The smallest absolute Gasteiger partial charge is 0.219 e. The highest BCUT2D eigenvalue weighted by Gasteiger charge is 1.98. The SMILES string of the molecule is CCCNC(=O)CCCCC=CCCCCCCCCCC(C)=O. The highest BCUT2D eigenvalue weighted by atomic mass is 16.1. The van der Waals surface area contributed by atoms with Crippen LogP contribution in [-0.2, 0) is 9.59 Å². The molecule has 140 valence electrons. The number of hydrogen-bond donors (Lipinski definition) is 1. The molecule has 0 spiro atoms. The van der Waals surface area contributed by atoms with Crippen LogP contribution in [0.3, 0.4) is 0 Å². The number of hydrogen-bond acceptors (Lipinski definition) is 2. The molecule has 0 aromatic heterocycles. The van der Waals surface area contributed by atoms with Gasteiger partial charge in [-0.15, -0.1) is 0 Å². The second kappa shape index (κ2) is 18.2. The lowest BCUT2D eigenvalue weighted by Gasteiger charge is -2.02. The summed E-state index contributed by atoms with van der Waals surface area (Å²) in [6, 6.07) is 0. The summed E-state index contributed by atoms with van der Waals surface area (Å²) in [4.78, 5) is 22.2. The van der Waals surface area contributed by atoms with Crippen LogP contribution in [0.1, 0.15) is 104 Å². The van der Waals surface area contributed by atoms with Crippen LogP contribution >= 0.6 is 0 Å². The van der Waals surface area contributed by atoms with Crippen LogP contribution in [-0.4, -0.2) is 18.2 Å². The van der Waals surface area contributed by atoms with Crippen molar-refractivity contribution >= 4 is 11.7 Å². The van der Waals surface area contributed by atoms with Gasteiger partial charge >= 0.3 is 0 Å². The van der Waals surface area contributed by atoms with Crippen LogP contribution in [0, 0.1) is 0 Å². The van der Waals surface area contributed by atoms with Gasteiger partial charge in [0.25, 0.3) is 0 Å². The summed E-state index contributed by atoms with van der Waals surface area (Å²) in [5.41, 5.74) is 0. The average Bonchev–Trinajstić information content (AvgIpc) is 2.56. The maximum atomic E-state index is 11.4. The molecule has 1 N–H and O–H groups in total. The Morgan fingerprint density at radius 1 is 0.750 bits per heavy atom. The van der Waals surface area contributed by atoms with E-state index in [1.807, 2.05) is 0 Å². The van der Waals surface area contributed by atoms with E-state index in [1.54, 1.807) is 6.92 Å². The average molecular weight is 338 g/mol. The summed E-state index contributed by atoms with van der Waals surface area (Å²) < 4.78 is 0. The molecular formula is C21H39NO2. The Balaban J connectivity index is 3.19. The van der Waals surface area contributed by atoms with Crippen molar-refractivity contribution in [3.8, 4) is 0 Å². The third kappa shape index (κ3) is 18.9. The summed E-state index contributed by atoms with van der Waals surface area (Å²) in [6.45, 7) is 4.55. The van der Waals surface area contributed by atoms with E-state index in [4.69, 9.17) is 0 Å². The Kier molecular flexibility index (Phi) is 17.4. The standard InChI is InChI=1S/C21H39NO2/c1-3-19-22-21(24)18-16-14-12-10-8-6-4-5-7-9-11-13-15-17-20(2)23/h8,10H,3-7,9,11-19H2,1-2H3,(H,22,24). The zero-order valence-electron chi connectivity index (χ0n) is 16.1. The summed E-state index contributed by atoms with van der Waals surface area (Å²) in [7, 11) is 0. The highest BCUT2D eigenvalue weighted by Crippen LogP contribution is 2.10. The first-order chi connectivity index (χ1) is 11.7. The number of rotatable bonds is 17.